The average molecular weight is 414 g/mol. The van der Waals surface area contributed by atoms with Gasteiger partial charge in [0.25, 0.3) is 11.1 Å². The molecule has 6 nitrogen and oxygen atoms in total. The van der Waals surface area contributed by atoms with E-state index in [-0.39, 0.29) is 24.2 Å². The third-order valence-corrected chi connectivity index (χ3v) is 5.77. The fourth-order valence-electron chi connectivity index (χ4n) is 3.23. The first kappa shape index (κ1) is 18.7. The summed E-state index contributed by atoms with van der Waals surface area (Å²) in [5.41, 5.74) is 2.60. The number of imide groups is 1. The lowest BCUT2D eigenvalue weighted by Crippen LogP contribution is -2.40. The van der Waals surface area contributed by atoms with Crippen molar-refractivity contribution < 1.29 is 14.4 Å². The SMILES string of the molecule is O=C1CSC(=O)N1CC(=O)N1N=C(c2ccccc2)CC1c1ccc(Cl)cc1. The highest BCUT2D eigenvalue weighted by Crippen LogP contribution is 2.33. The zero-order valence-electron chi connectivity index (χ0n) is 14.7. The number of hydrogen-bond donors (Lipinski definition) is 0. The summed E-state index contributed by atoms with van der Waals surface area (Å²) in [6.07, 6.45) is 0.536. The largest absolute Gasteiger partial charge is 0.289 e. The lowest BCUT2D eigenvalue weighted by Gasteiger charge is -2.23. The van der Waals surface area contributed by atoms with Crippen molar-refractivity contribution >= 4 is 46.1 Å². The van der Waals surface area contributed by atoms with Gasteiger partial charge in [-0.15, -0.1) is 0 Å². The van der Waals surface area contributed by atoms with Gasteiger partial charge in [0.2, 0.25) is 5.91 Å². The van der Waals surface area contributed by atoms with Crippen LogP contribution in [-0.2, 0) is 9.59 Å². The fourth-order valence-corrected chi connectivity index (χ4v) is 4.08. The summed E-state index contributed by atoms with van der Waals surface area (Å²) in [5, 5.41) is 6.14. The van der Waals surface area contributed by atoms with Crippen molar-refractivity contribution in [2.24, 2.45) is 5.10 Å². The minimum absolute atomic E-state index is 0.0747. The Morgan fingerprint density at radius 3 is 2.46 bits per heavy atom. The van der Waals surface area contributed by atoms with Crippen LogP contribution in [0.25, 0.3) is 0 Å². The Morgan fingerprint density at radius 1 is 1.11 bits per heavy atom. The molecule has 1 unspecified atom stereocenters. The number of amides is 3. The number of carbonyl (C=O) groups is 3. The van der Waals surface area contributed by atoms with Gasteiger partial charge in [0.05, 0.1) is 17.5 Å². The molecular formula is C20H16ClN3O3S. The first-order valence-corrected chi connectivity index (χ1v) is 10.1. The van der Waals surface area contributed by atoms with Crippen LogP contribution < -0.4 is 0 Å². The number of nitrogens with zero attached hydrogens (tertiary/aromatic N) is 3. The summed E-state index contributed by atoms with van der Waals surface area (Å²) < 4.78 is 0. The minimum Gasteiger partial charge on any atom is -0.273 e. The lowest BCUT2D eigenvalue weighted by atomic mass is 9.98. The van der Waals surface area contributed by atoms with E-state index in [2.05, 4.69) is 5.10 Å². The van der Waals surface area contributed by atoms with Gasteiger partial charge in [-0.1, -0.05) is 65.8 Å². The first-order chi connectivity index (χ1) is 13.5. The lowest BCUT2D eigenvalue weighted by molar-refractivity contribution is -0.137. The molecule has 0 N–H and O–H groups in total. The van der Waals surface area contributed by atoms with Crippen molar-refractivity contribution in [2.45, 2.75) is 12.5 Å². The molecule has 2 aliphatic rings. The number of carbonyl (C=O) groups excluding carboxylic acids is 3. The van der Waals surface area contributed by atoms with Crippen molar-refractivity contribution in [3.05, 3.63) is 70.7 Å². The Kier molecular flexibility index (Phi) is 5.19. The monoisotopic (exact) mass is 413 g/mol. The van der Waals surface area contributed by atoms with Gasteiger partial charge in [-0.25, -0.2) is 5.01 Å². The summed E-state index contributed by atoms with van der Waals surface area (Å²) in [7, 11) is 0. The smallest absolute Gasteiger partial charge is 0.273 e. The summed E-state index contributed by atoms with van der Waals surface area (Å²) in [4.78, 5) is 37.7. The summed E-state index contributed by atoms with van der Waals surface area (Å²) in [6.45, 7) is -0.305. The van der Waals surface area contributed by atoms with Gasteiger partial charge in [0.15, 0.2) is 0 Å². The van der Waals surface area contributed by atoms with Crippen molar-refractivity contribution in [3.8, 4) is 0 Å². The zero-order valence-corrected chi connectivity index (χ0v) is 16.3. The predicted octanol–water partition coefficient (Wildman–Crippen LogP) is 3.71. The molecule has 2 aromatic rings. The van der Waals surface area contributed by atoms with E-state index in [1.165, 1.54) is 5.01 Å². The maximum Gasteiger partial charge on any atom is 0.289 e. The molecule has 28 heavy (non-hydrogen) atoms. The van der Waals surface area contributed by atoms with E-state index >= 15 is 0 Å². The van der Waals surface area contributed by atoms with Crippen LogP contribution in [0.4, 0.5) is 4.79 Å². The molecule has 0 saturated carbocycles. The molecular weight excluding hydrogens is 398 g/mol. The Bertz CT molecular complexity index is 946. The van der Waals surface area contributed by atoms with Crippen LogP contribution in [0.1, 0.15) is 23.6 Å². The van der Waals surface area contributed by atoms with Gasteiger partial charge < -0.3 is 0 Å². The average Bonchev–Trinajstić information content (AvgIpc) is 3.29. The topological polar surface area (TPSA) is 70.1 Å². The predicted molar refractivity (Wildman–Crippen MR) is 108 cm³/mol. The molecule has 0 radical (unpaired) electrons. The van der Waals surface area contributed by atoms with Gasteiger partial charge in [0, 0.05) is 11.4 Å². The van der Waals surface area contributed by atoms with Crippen molar-refractivity contribution in [1.82, 2.24) is 9.91 Å². The molecule has 0 spiro atoms. The standard InChI is InChI=1S/C20H16ClN3O3S/c21-15-8-6-14(7-9-15)17-10-16(13-4-2-1-3-5-13)22-24(17)18(25)11-23-19(26)12-28-20(23)27/h1-9,17H,10-12H2. The Morgan fingerprint density at radius 2 is 1.82 bits per heavy atom. The molecule has 2 aliphatic heterocycles. The molecule has 2 heterocycles. The molecule has 1 saturated heterocycles. The van der Waals surface area contributed by atoms with Gasteiger partial charge >= 0.3 is 0 Å². The Balaban J connectivity index is 1.63. The number of hydrogen-bond acceptors (Lipinski definition) is 5. The number of benzene rings is 2. The van der Waals surface area contributed by atoms with Crippen LogP contribution in [0.2, 0.25) is 5.02 Å². The summed E-state index contributed by atoms with van der Waals surface area (Å²) in [5.74, 6) is -0.668. The van der Waals surface area contributed by atoms with E-state index < -0.39 is 11.1 Å². The van der Waals surface area contributed by atoms with E-state index in [9.17, 15) is 14.4 Å². The second-order valence-electron chi connectivity index (χ2n) is 6.46. The molecule has 142 valence electrons. The van der Waals surface area contributed by atoms with Crippen LogP contribution in [0.3, 0.4) is 0 Å². The zero-order chi connectivity index (χ0) is 19.7. The molecule has 0 aromatic heterocycles. The third kappa shape index (κ3) is 3.68. The highest BCUT2D eigenvalue weighted by molar-refractivity contribution is 8.14. The van der Waals surface area contributed by atoms with Crippen molar-refractivity contribution in [3.63, 3.8) is 0 Å². The number of halogens is 1. The molecule has 1 atom stereocenters. The van der Waals surface area contributed by atoms with E-state index in [0.717, 1.165) is 33.5 Å². The normalized spacial score (nSPS) is 19.3. The van der Waals surface area contributed by atoms with E-state index in [0.29, 0.717) is 11.4 Å². The van der Waals surface area contributed by atoms with Gasteiger partial charge in [-0.2, -0.15) is 5.10 Å². The molecule has 4 rings (SSSR count). The van der Waals surface area contributed by atoms with Gasteiger partial charge in [-0.05, 0) is 23.3 Å². The maximum atomic E-state index is 13.0. The third-order valence-electron chi connectivity index (χ3n) is 4.66. The van der Waals surface area contributed by atoms with Gasteiger partial charge in [-0.3, -0.25) is 19.3 Å². The molecule has 3 amide bonds. The Labute approximate surface area is 171 Å². The van der Waals surface area contributed by atoms with E-state index in [1.807, 2.05) is 42.5 Å². The van der Waals surface area contributed by atoms with Crippen LogP contribution >= 0.6 is 23.4 Å². The second kappa shape index (κ2) is 7.77. The maximum absolute atomic E-state index is 13.0. The quantitative estimate of drug-likeness (QED) is 0.766. The molecule has 8 heteroatoms. The highest BCUT2D eigenvalue weighted by atomic mass is 35.5. The van der Waals surface area contributed by atoms with Crippen LogP contribution in [0.15, 0.2) is 59.7 Å². The minimum atomic E-state index is -0.396. The summed E-state index contributed by atoms with van der Waals surface area (Å²) >= 11 is 6.90. The van der Waals surface area contributed by atoms with Crippen LogP contribution in [-0.4, -0.2) is 45.0 Å². The second-order valence-corrected chi connectivity index (χ2v) is 7.82. The van der Waals surface area contributed by atoms with Crippen LogP contribution in [0, 0.1) is 0 Å². The van der Waals surface area contributed by atoms with E-state index in [1.54, 1.807) is 12.1 Å². The molecule has 1 fully saturated rings. The number of rotatable bonds is 4. The van der Waals surface area contributed by atoms with Crippen molar-refractivity contribution in [1.29, 1.82) is 0 Å². The fraction of sp³-hybridized carbons (Fsp3) is 0.200. The highest BCUT2D eigenvalue weighted by Gasteiger charge is 2.37. The number of thioether (sulfide) groups is 1. The van der Waals surface area contributed by atoms with Gasteiger partial charge in [0.1, 0.15) is 6.54 Å². The summed E-state index contributed by atoms with van der Waals surface area (Å²) in [6, 6.07) is 16.6. The number of hydrazone groups is 1. The first-order valence-electron chi connectivity index (χ1n) is 8.70. The Hall–Kier alpha value is -2.64. The molecule has 0 aliphatic carbocycles. The molecule has 2 aromatic carbocycles. The van der Waals surface area contributed by atoms with Crippen LogP contribution in [0.5, 0.6) is 0 Å². The van der Waals surface area contributed by atoms with Crippen molar-refractivity contribution in [2.75, 3.05) is 12.3 Å². The molecule has 0 bridgehead atoms. The van der Waals surface area contributed by atoms with E-state index in [4.69, 9.17) is 11.6 Å².